The summed E-state index contributed by atoms with van der Waals surface area (Å²) in [7, 11) is 0. The summed E-state index contributed by atoms with van der Waals surface area (Å²) in [5.74, 6) is -1.86. The minimum Gasteiger partial charge on any atom is -0.451 e. The molecule has 7 nitrogen and oxygen atoms in total. The summed E-state index contributed by atoms with van der Waals surface area (Å²) in [6.45, 7) is 6.87. The smallest absolute Gasteiger partial charge is 0.329 e. The van der Waals surface area contributed by atoms with Crippen molar-refractivity contribution in [3.63, 3.8) is 0 Å². The quantitative estimate of drug-likeness (QED) is 0.685. The minimum absolute atomic E-state index is 0.242. The first-order chi connectivity index (χ1) is 14.2. The van der Waals surface area contributed by atoms with Gasteiger partial charge in [0.25, 0.3) is 11.8 Å². The van der Waals surface area contributed by atoms with Gasteiger partial charge in [-0.1, -0.05) is 37.6 Å². The standard InChI is InChI=1S/C23H25N3O4/c1-14(2)20(26-22(28)18-9-5-7-15(3)11-18)23(29)30-16(4)21(27)25-19-10-6-8-17(12-19)13-24/h5-12,14,16,20H,1-4H3,(H,25,27)(H,26,28)/t16-,20+/m1/s1. The van der Waals surface area contributed by atoms with Crippen molar-refractivity contribution in [3.05, 3.63) is 65.2 Å². The molecule has 0 unspecified atom stereocenters. The molecule has 7 heteroatoms. The van der Waals surface area contributed by atoms with Crippen LogP contribution in [0.15, 0.2) is 48.5 Å². The van der Waals surface area contributed by atoms with Crippen LogP contribution in [0.1, 0.15) is 42.3 Å². The topological polar surface area (TPSA) is 108 Å². The Morgan fingerprint density at radius 3 is 2.37 bits per heavy atom. The third-order valence-corrected chi connectivity index (χ3v) is 4.41. The van der Waals surface area contributed by atoms with Crippen LogP contribution < -0.4 is 10.6 Å². The molecule has 0 aromatic heterocycles. The number of hydrogen-bond donors (Lipinski definition) is 2. The zero-order valence-corrected chi connectivity index (χ0v) is 17.4. The molecule has 2 N–H and O–H groups in total. The molecule has 0 saturated carbocycles. The Hall–Kier alpha value is -3.66. The highest BCUT2D eigenvalue weighted by molar-refractivity contribution is 5.98. The molecule has 0 aliphatic heterocycles. The van der Waals surface area contributed by atoms with Gasteiger partial charge in [0.15, 0.2) is 6.10 Å². The molecule has 2 atom stereocenters. The second-order valence-corrected chi connectivity index (χ2v) is 7.33. The molecule has 0 aliphatic carbocycles. The number of esters is 1. The van der Waals surface area contributed by atoms with Crippen LogP contribution in [0.2, 0.25) is 0 Å². The van der Waals surface area contributed by atoms with E-state index in [0.29, 0.717) is 16.8 Å². The number of aryl methyl sites for hydroxylation is 1. The first kappa shape index (κ1) is 22.6. The molecule has 2 aromatic carbocycles. The lowest BCUT2D eigenvalue weighted by Crippen LogP contribution is -2.47. The fourth-order valence-corrected chi connectivity index (χ4v) is 2.72. The number of amides is 2. The molecule has 2 amide bonds. The van der Waals surface area contributed by atoms with E-state index < -0.39 is 24.0 Å². The van der Waals surface area contributed by atoms with Crippen LogP contribution in [-0.2, 0) is 14.3 Å². The molecular weight excluding hydrogens is 382 g/mol. The van der Waals surface area contributed by atoms with E-state index in [0.717, 1.165) is 5.56 Å². The van der Waals surface area contributed by atoms with Crippen molar-refractivity contribution in [2.75, 3.05) is 5.32 Å². The third kappa shape index (κ3) is 6.17. The van der Waals surface area contributed by atoms with Crippen molar-refractivity contribution >= 4 is 23.5 Å². The molecule has 0 fully saturated rings. The van der Waals surface area contributed by atoms with E-state index in [2.05, 4.69) is 10.6 Å². The van der Waals surface area contributed by atoms with Crippen molar-refractivity contribution in [1.29, 1.82) is 5.26 Å². The molecule has 30 heavy (non-hydrogen) atoms. The highest BCUT2D eigenvalue weighted by Gasteiger charge is 2.29. The maximum Gasteiger partial charge on any atom is 0.329 e. The predicted molar refractivity (Wildman–Crippen MR) is 113 cm³/mol. The molecule has 156 valence electrons. The van der Waals surface area contributed by atoms with E-state index in [1.807, 2.05) is 19.1 Å². The van der Waals surface area contributed by atoms with Gasteiger partial charge in [-0.05, 0) is 50.1 Å². The van der Waals surface area contributed by atoms with Gasteiger partial charge < -0.3 is 15.4 Å². The maximum absolute atomic E-state index is 12.6. The Balaban J connectivity index is 2.02. The largest absolute Gasteiger partial charge is 0.451 e. The summed E-state index contributed by atoms with van der Waals surface area (Å²) in [6, 6.07) is 14.5. The van der Waals surface area contributed by atoms with Crippen LogP contribution in [0, 0.1) is 24.2 Å². The lowest BCUT2D eigenvalue weighted by Gasteiger charge is -2.23. The highest BCUT2D eigenvalue weighted by atomic mass is 16.5. The molecule has 0 radical (unpaired) electrons. The second kappa shape index (κ2) is 10.2. The SMILES string of the molecule is Cc1cccc(C(=O)N[C@H](C(=O)O[C@H](C)C(=O)Nc2cccc(C#N)c2)C(C)C)c1. The number of anilines is 1. The van der Waals surface area contributed by atoms with Gasteiger partial charge in [-0.15, -0.1) is 0 Å². The van der Waals surface area contributed by atoms with Crippen molar-refractivity contribution in [1.82, 2.24) is 5.32 Å². The molecule has 0 spiro atoms. The normalized spacial score (nSPS) is 12.4. The number of ether oxygens (including phenoxy) is 1. The van der Waals surface area contributed by atoms with Crippen LogP contribution in [0.5, 0.6) is 0 Å². The van der Waals surface area contributed by atoms with Crippen LogP contribution in [0.25, 0.3) is 0 Å². The molecule has 0 bridgehead atoms. The van der Waals surface area contributed by atoms with E-state index in [4.69, 9.17) is 10.00 Å². The number of nitriles is 1. The van der Waals surface area contributed by atoms with Gasteiger partial charge in [0, 0.05) is 11.3 Å². The fourth-order valence-electron chi connectivity index (χ4n) is 2.72. The fraction of sp³-hybridized carbons (Fsp3) is 0.304. The molecular formula is C23H25N3O4. The van der Waals surface area contributed by atoms with Gasteiger partial charge in [-0.25, -0.2) is 4.79 Å². The first-order valence-corrected chi connectivity index (χ1v) is 9.60. The average molecular weight is 407 g/mol. The van der Waals surface area contributed by atoms with Crippen LogP contribution in [0.4, 0.5) is 5.69 Å². The summed E-state index contributed by atoms with van der Waals surface area (Å²) in [6.07, 6.45) is -1.08. The second-order valence-electron chi connectivity index (χ2n) is 7.33. The molecule has 2 aromatic rings. The monoisotopic (exact) mass is 407 g/mol. The Morgan fingerprint density at radius 1 is 1.03 bits per heavy atom. The number of benzene rings is 2. The summed E-state index contributed by atoms with van der Waals surface area (Å²) >= 11 is 0. The van der Waals surface area contributed by atoms with Gasteiger partial charge in [-0.2, -0.15) is 5.26 Å². The summed E-state index contributed by atoms with van der Waals surface area (Å²) < 4.78 is 5.29. The van der Waals surface area contributed by atoms with Gasteiger partial charge in [0.2, 0.25) is 0 Å². The van der Waals surface area contributed by atoms with Crippen LogP contribution in [0.3, 0.4) is 0 Å². The molecule has 0 aliphatic rings. The molecule has 2 rings (SSSR count). The lowest BCUT2D eigenvalue weighted by molar-refractivity contribution is -0.156. The van der Waals surface area contributed by atoms with Crippen molar-refractivity contribution < 1.29 is 19.1 Å². The Kier molecular flexibility index (Phi) is 7.70. The summed E-state index contributed by atoms with van der Waals surface area (Å²) in [5.41, 5.74) is 2.19. The Bertz CT molecular complexity index is 978. The number of rotatable bonds is 7. The number of carbonyl (C=O) groups excluding carboxylic acids is 3. The average Bonchev–Trinajstić information content (AvgIpc) is 2.71. The highest BCUT2D eigenvalue weighted by Crippen LogP contribution is 2.13. The van der Waals surface area contributed by atoms with Crippen LogP contribution in [-0.4, -0.2) is 29.9 Å². The Morgan fingerprint density at radius 2 is 1.73 bits per heavy atom. The van der Waals surface area contributed by atoms with Crippen molar-refractivity contribution in [2.24, 2.45) is 5.92 Å². The van der Waals surface area contributed by atoms with E-state index in [1.165, 1.54) is 13.0 Å². The van der Waals surface area contributed by atoms with Gasteiger partial charge in [-0.3, -0.25) is 9.59 Å². The van der Waals surface area contributed by atoms with Crippen LogP contribution >= 0.6 is 0 Å². The molecule has 0 saturated heterocycles. The zero-order chi connectivity index (χ0) is 22.3. The van der Waals surface area contributed by atoms with E-state index in [1.54, 1.807) is 50.2 Å². The lowest BCUT2D eigenvalue weighted by atomic mass is 10.0. The van der Waals surface area contributed by atoms with E-state index >= 15 is 0 Å². The number of hydrogen-bond acceptors (Lipinski definition) is 5. The summed E-state index contributed by atoms with van der Waals surface area (Å²) in [5, 5.41) is 14.2. The number of carbonyl (C=O) groups is 3. The number of nitrogens with one attached hydrogen (secondary N) is 2. The minimum atomic E-state index is -1.08. The number of nitrogens with zero attached hydrogens (tertiary/aromatic N) is 1. The van der Waals surface area contributed by atoms with E-state index in [9.17, 15) is 14.4 Å². The predicted octanol–water partition coefficient (Wildman–Crippen LogP) is 3.19. The van der Waals surface area contributed by atoms with Crippen molar-refractivity contribution in [3.8, 4) is 6.07 Å². The maximum atomic E-state index is 12.6. The zero-order valence-electron chi connectivity index (χ0n) is 17.4. The first-order valence-electron chi connectivity index (χ1n) is 9.60. The molecule has 0 heterocycles. The van der Waals surface area contributed by atoms with E-state index in [-0.39, 0.29) is 11.8 Å². The summed E-state index contributed by atoms with van der Waals surface area (Å²) in [4.78, 5) is 37.5. The van der Waals surface area contributed by atoms with Gasteiger partial charge in [0.05, 0.1) is 11.6 Å². The third-order valence-electron chi connectivity index (χ3n) is 4.41. The van der Waals surface area contributed by atoms with Crippen molar-refractivity contribution in [2.45, 2.75) is 39.8 Å². The Labute approximate surface area is 176 Å². The van der Waals surface area contributed by atoms with Gasteiger partial charge in [0.1, 0.15) is 6.04 Å². The van der Waals surface area contributed by atoms with Gasteiger partial charge >= 0.3 is 5.97 Å².